The maximum Gasteiger partial charge on any atom is 0.275 e. The van der Waals surface area contributed by atoms with Crippen LogP contribution in [0.5, 0.6) is 0 Å². The first-order valence-corrected chi connectivity index (χ1v) is 3.20. The van der Waals surface area contributed by atoms with E-state index in [0.717, 1.165) is 5.69 Å². The second-order valence-corrected chi connectivity index (χ2v) is 2.03. The SMILES string of the molecule is O=[N+]([O-])CNc1ccccc1. The molecule has 58 valence electrons. The van der Waals surface area contributed by atoms with Crippen molar-refractivity contribution in [3.8, 4) is 0 Å². The number of nitro groups is 1. The van der Waals surface area contributed by atoms with Gasteiger partial charge in [0, 0.05) is 10.6 Å². The summed E-state index contributed by atoms with van der Waals surface area (Å²) in [6, 6.07) is 9.06. The Morgan fingerprint density at radius 1 is 1.36 bits per heavy atom. The standard InChI is InChI=1S/C7H8N2O2/c10-9(11)6-8-7-4-2-1-3-5-7/h1-5,8H,6H2. The average Bonchev–Trinajstić information content (AvgIpc) is 2.03. The molecule has 0 saturated heterocycles. The van der Waals surface area contributed by atoms with Crippen LogP contribution in [0.2, 0.25) is 0 Å². The Labute approximate surface area is 64.0 Å². The Hall–Kier alpha value is -1.58. The normalized spacial score (nSPS) is 9.09. The molecule has 1 N–H and O–H groups in total. The van der Waals surface area contributed by atoms with Crippen molar-refractivity contribution in [1.82, 2.24) is 0 Å². The smallest absolute Gasteiger partial charge is 0.275 e. The molecule has 0 fully saturated rings. The van der Waals surface area contributed by atoms with Crippen LogP contribution in [0.25, 0.3) is 0 Å². The summed E-state index contributed by atoms with van der Waals surface area (Å²) in [5, 5.41) is 12.6. The molecule has 1 rings (SSSR count). The van der Waals surface area contributed by atoms with Crippen LogP contribution >= 0.6 is 0 Å². The van der Waals surface area contributed by atoms with E-state index in [9.17, 15) is 10.1 Å². The first-order valence-electron chi connectivity index (χ1n) is 3.20. The minimum atomic E-state index is -0.410. The molecule has 0 saturated carbocycles. The van der Waals surface area contributed by atoms with Crippen LogP contribution in [0.3, 0.4) is 0 Å². The van der Waals surface area contributed by atoms with Gasteiger partial charge in [0.25, 0.3) is 6.67 Å². The number of hydrogen-bond acceptors (Lipinski definition) is 3. The lowest BCUT2D eigenvalue weighted by molar-refractivity contribution is -0.473. The lowest BCUT2D eigenvalue weighted by Gasteiger charge is -1.98. The first-order chi connectivity index (χ1) is 5.29. The molecule has 11 heavy (non-hydrogen) atoms. The monoisotopic (exact) mass is 152 g/mol. The molecule has 1 aromatic carbocycles. The number of rotatable bonds is 3. The summed E-state index contributed by atoms with van der Waals surface area (Å²) >= 11 is 0. The van der Waals surface area contributed by atoms with Gasteiger partial charge in [-0.3, -0.25) is 10.1 Å². The molecule has 0 aliphatic carbocycles. The van der Waals surface area contributed by atoms with Crippen molar-refractivity contribution in [1.29, 1.82) is 0 Å². The largest absolute Gasteiger partial charge is 0.326 e. The summed E-state index contributed by atoms with van der Waals surface area (Å²) in [6.07, 6.45) is 0. The zero-order valence-electron chi connectivity index (χ0n) is 5.86. The molecule has 0 heterocycles. The van der Waals surface area contributed by atoms with E-state index < -0.39 is 4.92 Å². The quantitative estimate of drug-likeness (QED) is 0.404. The van der Waals surface area contributed by atoms with Crippen molar-refractivity contribution in [2.24, 2.45) is 0 Å². The molecule has 0 aromatic heterocycles. The number of para-hydroxylation sites is 1. The number of hydrogen-bond donors (Lipinski definition) is 1. The predicted molar refractivity (Wildman–Crippen MR) is 41.9 cm³/mol. The van der Waals surface area contributed by atoms with Gasteiger partial charge in [-0.2, -0.15) is 0 Å². The summed E-state index contributed by atoms with van der Waals surface area (Å²) in [6.45, 7) is -0.232. The maximum atomic E-state index is 9.92. The molecule has 0 radical (unpaired) electrons. The highest BCUT2D eigenvalue weighted by atomic mass is 16.6. The van der Waals surface area contributed by atoms with Crippen LogP contribution < -0.4 is 5.32 Å². The van der Waals surface area contributed by atoms with Gasteiger partial charge in [0.1, 0.15) is 0 Å². The Morgan fingerprint density at radius 3 is 2.55 bits per heavy atom. The number of nitrogens with zero attached hydrogens (tertiary/aromatic N) is 1. The molecule has 0 atom stereocenters. The van der Waals surface area contributed by atoms with Crippen LogP contribution in [0.4, 0.5) is 5.69 Å². The Bertz CT molecular complexity index is 235. The van der Waals surface area contributed by atoms with E-state index in [1.165, 1.54) is 0 Å². The van der Waals surface area contributed by atoms with Gasteiger partial charge in [0.15, 0.2) is 0 Å². The van der Waals surface area contributed by atoms with Gasteiger partial charge in [0.05, 0.1) is 0 Å². The van der Waals surface area contributed by atoms with Gasteiger partial charge in [-0.05, 0) is 12.1 Å². The van der Waals surface area contributed by atoms with E-state index in [1.54, 1.807) is 12.1 Å². The van der Waals surface area contributed by atoms with E-state index in [2.05, 4.69) is 5.32 Å². The Morgan fingerprint density at radius 2 is 2.00 bits per heavy atom. The van der Waals surface area contributed by atoms with E-state index >= 15 is 0 Å². The summed E-state index contributed by atoms with van der Waals surface area (Å²) in [4.78, 5) is 9.51. The second-order valence-electron chi connectivity index (χ2n) is 2.03. The van der Waals surface area contributed by atoms with E-state index in [0.29, 0.717) is 0 Å². The van der Waals surface area contributed by atoms with Crippen molar-refractivity contribution in [3.05, 3.63) is 40.4 Å². The Kier molecular flexibility index (Phi) is 2.43. The maximum absolute atomic E-state index is 9.92. The number of benzene rings is 1. The summed E-state index contributed by atoms with van der Waals surface area (Å²) in [7, 11) is 0. The lowest BCUT2D eigenvalue weighted by atomic mass is 10.3. The molecule has 4 heteroatoms. The third kappa shape index (κ3) is 2.66. The second kappa shape index (κ2) is 3.55. The van der Waals surface area contributed by atoms with Gasteiger partial charge in [-0.25, -0.2) is 0 Å². The highest BCUT2D eigenvalue weighted by molar-refractivity contribution is 5.41. The molecule has 0 aliphatic rings. The molecule has 0 bridgehead atoms. The zero-order chi connectivity index (χ0) is 8.10. The summed E-state index contributed by atoms with van der Waals surface area (Å²) in [5.74, 6) is 0. The number of nitrogens with one attached hydrogen (secondary N) is 1. The minimum absolute atomic E-state index is 0.232. The topological polar surface area (TPSA) is 55.2 Å². The molecule has 4 nitrogen and oxygen atoms in total. The minimum Gasteiger partial charge on any atom is -0.326 e. The van der Waals surface area contributed by atoms with E-state index in [-0.39, 0.29) is 6.67 Å². The fourth-order valence-electron chi connectivity index (χ4n) is 0.712. The van der Waals surface area contributed by atoms with E-state index in [4.69, 9.17) is 0 Å². The predicted octanol–water partition coefficient (Wildman–Crippen LogP) is 1.33. The summed E-state index contributed by atoms with van der Waals surface area (Å²) < 4.78 is 0. The van der Waals surface area contributed by atoms with Crippen molar-refractivity contribution in [3.63, 3.8) is 0 Å². The fraction of sp³-hybridized carbons (Fsp3) is 0.143. The van der Waals surface area contributed by atoms with Crippen LogP contribution in [0.15, 0.2) is 30.3 Å². The van der Waals surface area contributed by atoms with Crippen molar-refractivity contribution in [2.45, 2.75) is 0 Å². The average molecular weight is 152 g/mol. The first kappa shape index (κ1) is 7.53. The molecular weight excluding hydrogens is 144 g/mol. The molecule has 0 amide bonds. The third-order valence-corrected chi connectivity index (χ3v) is 1.19. The van der Waals surface area contributed by atoms with Gasteiger partial charge in [-0.1, -0.05) is 18.2 Å². The lowest BCUT2D eigenvalue weighted by Crippen LogP contribution is -2.10. The molecular formula is C7H8N2O2. The third-order valence-electron chi connectivity index (χ3n) is 1.19. The highest BCUT2D eigenvalue weighted by Gasteiger charge is 1.93. The highest BCUT2D eigenvalue weighted by Crippen LogP contribution is 2.03. The van der Waals surface area contributed by atoms with Gasteiger partial charge in [0.2, 0.25) is 0 Å². The molecule has 0 aliphatic heterocycles. The van der Waals surface area contributed by atoms with Gasteiger partial charge >= 0.3 is 0 Å². The fourth-order valence-corrected chi connectivity index (χ4v) is 0.712. The number of anilines is 1. The van der Waals surface area contributed by atoms with Gasteiger partial charge < -0.3 is 5.32 Å². The van der Waals surface area contributed by atoms with Crippen LogP contribution in [0.1, 0.15) is 0 Å². The van der Waals surface area contributed by atoms with Gasteiger partial charge in [-0.15, -0.1) is 0 Å². The van der Waals surface area contributed by atoms with Crippen LogP contribution in [0, 0.1) is 10.1 Å². The molecule has 1 aromatic rings. The molecule has 0 unspecified atom stereocenters. The van der Waals surface area contributed by atoms with Crippen molar-refractivity contribution >= 4 is 5.69 Å². The van der Waals surface area contributed by atoms with Crippen molar-refractivity contribution in [2.75, 3.05) is 12.0 Å². The van der Waals surface area contributed by atoms with Crippen molar-refractivity contribution < 1.29 is 4.92 Å². The zero-order valence-corrected chi connectivity index (χ0v) is 5.86. The van der Waals surface area contributed by atoms with Crippen LogP contribution in [-0.2, 0) is 0 Å². The molecule has 0 spiro atoms. The summed E-state index contributed by atoms with van der Waals surface area (Å²) in [5.41, 5.74) is 0.768. The van der Waals surface area contributed by atoms with E-state index in [1.807, 2.05) is 18.2 Å². The van der Waals surface area contributed by atoms with Crippen LogP contribution in [-0.4, -0.2) is 11.6 Å². The Balaban J connectivity index is 2.45.